The van der Waals surface area contributed by atoms with E-state index < -0.39 is 11.7 Å². The number of rotatable bonds is 4. The van der Waals surface area contributed by atoms with Crippen molar-refractivity contribution in [3.8, 4) is 0 Å². The highest BCUT2D eigenvalue weighted by Gasteiger charge is 2.15. The van der Waals surface area contributed by atoms with E-state index in [9.17, 15) is 9.18 Å². The van der Waals surface area contributed by atoms with Crippen molar-refractivity contribution in [3.63, 3.8) is 0 Å². The van der Waals surface area contributed by atoms with Crippen LogP contribution in [0.1, 0.15) is 22.8 Å². The van der Waals surface area contributed by atoms with Gasteiger partial charge in [-0.1, -0.05) is 6.92 Å². The average Bonchev–Trinajstić information content (AvgIpc) is 2.30. The Morgan fingerprint density at radius 2 is 2.24 bits per heavy atom. The van der Waals surface area contributed by atoms with Gasteiger partial charge >= 0.3 is 0 Å². The van der Waals surface area contributed by atoms with Crippen molar-refractivity contribution < 1.29 is 14.3 Å². The van der Waals surface area contributed by atoms with Gasteiger partial charge in [0.1, 0.15) is 5.82 Å². The molecule has 1 aromatic carbocycles. The molecule has 0 heterocycles. The van der Waals surface area contributed by atoms with Crippen LogP contribution < -0.4 is 11.1 Å². The highest BCUT2D eigenvalue weighted by atomic mass is 19.1. The molecule has 5 heteroatoms. The number of nitrogen functional groups attached to an aromatic ring is 1. The van der Waals surface area contributed by atoms with Crippen LogP contribution >= 0.6 is 0 Å². The van der Waals surface area contributed by atoms with Crippen LogP contribution in [0.4, 0.5) is 10.1 Å². The Labute approximate surface area is 99.6 Å². The van der Waals surface area contributed by atoms with Gasteiger partial charge in [-0.2, -0.15) is 0 Å². The molecule has 0 saturated heterocycles. The highest BCUT2D eigenvalue weighted by molar-refractivity contribution is 5.95. The van der Waals surface area contributed by atoms with Gasteiger partial charge in [0.2, 0.25) is 0 Å². The number of anilines is 1. The molecule has 0 saturated carbocycles. The van der Waals surface area contributed by atoms with Gasteiger partial charge in [-0.15, -0.1) is 0 Å². The fourth-order valence-electron chi connectivity index (χ4n) is 1.39. The van der Waals surface area contributed by atoms with E-state index in [1.54, 1.807) is 13.8 Å². The summed E-state index contributed by atoms with van der Waals surface area (Å²) in [7, 11) is 0. The normalized spacial score (nSPS) is 12.2. The lowest BCUT2D eigenvalue weighted by molar-refractivity contribution is 0.0938. The number of nitrogens with two attached hydrogens (primary N) is 1. The fourth-order valence-corrected chi connectivity index (χ4v) is 1.39. The molecule has 94 valence electrons. The Morgan fingerprint density at radius 1 is 1.59 bits per heavy atom. The second kappa shape index (κ2) is 5.63. The summed E-state index contributed by atoms with van der Waals surface area (Å²) in [5.41, 5.74) is 6.19. The molecule has 1 amide bonds. The number of aliphatic hydroxyl groups is 1. The number of carbonyl (C=O) groups excluding carboxylic acids is 1. The lowest BCUT2D eigenvalue weighted by atomic mass is 10.1. The van der Waals surface area contributed by atoms with Gasteiger partial charge in [-0.3, -0.25) is 4.79 Å². The standard InChI is InChI=1S/C12H17FN2O2/c1-7(6-16)5-15-12(17)10-4-9(14)3-8(2)11(10)13/h3-4,7,16H,5-6,14H2,1-2H3,(H,15,17). The summed E-state index contributed by atoms with van der Waals surface area (Å²) in [6, 6.07) is 2.78. The minimum atomic E-state index is -0.562. The number of aryl methyl sites for hydroxylation is 1. The predicted octanol–water partition coefficient (Wildman–Crippen LogP) is 1.07. The van der Waals surface area contributed by atoms with Crippen molar-refractivity contribution in [2.75, 3.05) is 18.9 Å². The van der Waals surface area contributed by atoms with Crippen molar-refractivity contribution in [2.45, 2.75) is 13.8 Å². The third kappa shape index (κ3) is 3.42. The van der Waals surface area contributed by atoms with E-state index in [-0.39, 0.29) is 18.1 Å². The maximum Gasteiger partial charge on any atom is 0.254 e. The Morgan fingerprint density at radius 3 is 2.82 bits per heavy atom. The van der Waals surface area contributed by atoms with E-state index in [2.05, 4.69) is 5.32 Å². The van der Waals surface area contributed by atoms with Gasteiger partial charge in [0.15, 0.2) is 0 Å². The van der Waals surface area contributed by atoms with Gasteiger partial charge in [0, 0.05) is 18.8 Å². The Kier molecular flexibility index (Phi) is 4.45. The van der Waals surface area contributed by atoms with E-state index in [4.69, 9.17) is 10.8 Å². The van der Waals surface area contributed by atoms with Gasteiger partial charge in [0.25, 0.3) is 5.91 Å². The molecular weight excluding hydrogens is 223 g/mol. The number of hydrogen-bond donors (Lipinski definition) is 3. The van der Waals surface area contributed by atoms with Crippen molar-refractivity contribution in [1.82, 2.24) is 5.32 Å². The zero-order chi connectivity index (χ0) is 13.0. The molecule has 1 atom stereocenters. The minimum Gasteiger partial charge on any atom is -0.399 e. The van der Waals surface area contributed by atoms with Crippen molar-refractivity contribution in [2.24, 2.45) is 5.92 Å². The van der Waals surface area contributed by atoms with Crippen molar-refractivity contribution >= 4 is 11.6 Å². The Balaban J connectivity index is 2.82. The summed E-state index contributed by atoms with van der Waals surface area (Å²) in [6.45, 7) is 3.60. The van der Waals surface area contributed by atoms with E-state index in [0.717, 1.165) is 0 Å². The number of carbonyl (C=O) groups is 1. The highest BCUT2D eigenvalue weighted by Crippen LogP contribution is 2.16. The molecule has 1 aromatic rings. The summed E-state index contributed by atoms with van der Waals surface area (Å²) >= 11 is 0. The first-order valence-corrected chi connectivity index (χ1v) is 5.40. The summed E-state index contributed by atoms with van der Waals surface area (Å²) in [6.07, 6.45) is 0. The molecule has 0 spiro atoms. The van der Waals surface area contributed by atoms with Crippen LogP contribution in [0.25, 0.3) is 0 Å². The van der Waals surface area contributed by atoms with Gasteiger partial charge in [0.05, 0.1) is 5.56 Å². The van der Waals surface area contributed by atoms with E-state index in [1.165, 1.54) is 12.1 Å². The fraction of sp³-hybridized carbons (Fsp3) is 0.417. The number of halogens is 1. The van der Waals surface area contributed by atoms with Gasteiger partial charge in [-0.25, -0.2) is 4.39 Å². The molecule has 1 unspecified atom stereocenters. The monoisotopic (exact) mass is 240 g/mol. The van der Waals surface area contributed by atoms with Crippen LogP contribution in [0.5, 0.6) is 0 Å². The molecule has 0 aliphatic rings. The Hall–Kier alpha value is -1.62. The molecule has 1 rings (SSSR count). The summed E-state index contributed by atoms with van der Waals surface area (Å²) in [5, 5.41) is 11.4. The van der Waals surface area contributed by atoms with E-state index in [1.807, 2.05) is 0 Å². The van der Waals surface area contributed by atoms with Crippen LogP contribution in [-0.4, -0.2) is 24.2 Å². The summed E-state index contributed by atoms with van der Waals surface area (Å²) in [5.74, 6) is -1.14. The molecule has 0 aliphatic heterocycles. The largest absolute Gasteiger partial charge is 0.399 e. The zero-order valence-corrected chi connectivity index (χ0v) is 9.96. The van der Waals surface area contributed by atoms with Crippen LogP contribution in [0.3, 0.4) is 0 Å². The molecule has 0 aliphatic carbocycles. The van der Waals surface area contributed by atoms with E-state index in [0.29, 0.717) is 17.8 Å². The number of nitrogens with one attached hydrogen (secondary N) is 1. The third-order valence-electron chi connectivity index (χ3n) is 2.44. The first-order chi connectivity index (χ1) is 7.95. The summed E-state index contributed by atoms with van der Waals surface area (Å²) in [4.78, 5) is 11.7. The third-order valence-corrected chi connectivity index (χ3v) is 2.44. The smallest absolute Gasteiger partial charge is 0.254 e. The molecule has 0 aromatic heterocycles. The first kappa shape index (κ1) is 13.4. The maximum absolute atomic E-state index is 13.7. The lowest BCUT2D eigenvalue weighted by Crippen LogP contribution is -2.30. The number of amides is 1. The molecule has 0 fully saturated rings. The van der Waals surface area contributed by atoms with Gasteiger partial charge < -0.3 is 16.2 Å². The quantitative estimate of drug-likeness (QED) is 0.689. The number of benzene rings is 1. The number of aliphatic hydroxyl groups excluding tert-OH is 1. The second-order valence-corrected chi connectivity index (χ2v) is 4.20. The molecule has 0 radical (unpaired) electrons. The summed E-state index contributed by atoms with van der Waals surface area (Å²) < 4.78 is 13.7. The van der Waals surface area contributed by atoms with Crippen LogP contribution in [0, 0.1) is 18.7 Å². The molecule has 4 N–H and O–H groups in total. The van der Waals surface area contributed by atoms with Crippen molar-refractivity contribution in [1.29, 1.82) is 0 Å². The van der Waals surface area contributed by atoms with Crippen molar-refractivity contribution in [3.05, 3.63) is 29.1 Å². The SMILES string of the molecule is Cc1cc(N)cc(C(=O)NCC(C)CO)c1F. The minimum absolute atomic E-state index is 0.0290. The van der Waals surface area contributed by atoms with Crippen LogP contribution in [0.2, 0.25) is 0 Å². The predicted molar refractivity (Wildman–Crippen MR) is 64.1 cm³/mol. The topological polar surface area (TPSA) is 75.4 Å². The maximum atomic E-state index is 13.7. The van der Waals surface area contributed by atoms with Gasteiger partial charge in [-0.05, 0) is 30.5 Å². The molecule has 17 heavy (non-hydrogen) atoms. The van der Waals surface area contributed by atoms with Crippen LogP contribution in [0.15, 0.2) is 12.1 Å². The Bertz CT molecular complexity index is 421. The second-order valence-electron chi connectivity index (χ2n) is 4.20. The molecule has 4 nitrogen and oxygen atoms in total. The lowest BCUT2D eigenvalue weighted by Gasteiger charge is -2.11. The average molecular weight is 240 g/mol. The van der Waals surface area contributed by atoms with E-state index >= 15 is 0 Å². The zero-order valence-electron chi connectivity index (χ0n) is 9.96. The van der Waals surface area contributed by atoms with Crippen LogP contribution in [-0.2, 0) is 0 Å². The number of hydrogen-bond acceptors (Lipinski definition) is 3. The molecular formula is C12H17FN2O2. The first-order valence-electron chi connectivity index (χ1n) is 5.40. The molecule has 0 bridgehead atoms.